The van der Waals surface area contributed by atoms with Gasteiger partial charge in [-0.25, -0.2) is 19.6 Å². The summed E-state index contributed by atoms with van der Waals surface area (Å²) in [4.78, 5) is 72.7. The van der Waals surface area contributed by atoms with Gasteiger partial charge in [0.1, 0.15) is 23.7 Å². The van der Waals surface area contributed by atoms with Crippen molar-refractivity contribution in [2.24, 2.45) is 11.8 Å². The standard InChI is InChI=1S/C52H60N8O6/c1-29(2)45(57-51(63)65-5)49(61)59-23-7-9-43(59)47-53-39-21-19-35(27-41(39)55-47)37-25-31-11-15-33(37)17-13-32-12-16-34(18-14-31)38(26-32)36-20-22-40-42(28-36)56-48(54-40)44-10-8-24-60(44)50(62)46(30(3)4)58-52(64)66-6/h11-12,15-16,19-22,25-30,43-46H,7-10,13-14,17-18,23-24H2,1-6H3,(H,53,55)(H,54,56)(H,57,63)(H,58,64)/t43?,44?,45-,46-/m0/s1. The summed E-state index contributed by atoms with van der Waals surface area (Å²) in [5.74, 6) is 1.05. The molecule has 14 nitrogen and oxygen atoms in total. The van der Waals surface area contributed by atoms with Crippen molar-refractivity contribution < 1.29 is 28.7 Å². The lowest BCUT2D eigenvalue weighted by molar-refractivity contribution is -0.136. The molecule has 0 radical (unpaired) electrons. The predicted octanol–water partition coefficient (Wildman–Crippen LogP) is 8.75. The molecule has 344 valence electrons. The summed E-state index contributed by atoms with van der Waals surface area (Å²) in [7, 11) is 2.61. The summed E-state index contributed by atoms with van der Waals surface area (Å²) < 4.78 is 9.64. The van der Waals surface area contributed by atoms with Gasteiger partial charge in [0.15, 0.2) is 0 Å². The van der Waals surface area contributed by atoms with E-state index in [0.717, 1.165) is 96.2 Å². The molecule has 4 amide bonds. The van der Waals surface area contributed by atoms with E-state index in [2.05, 4.69) is 93.4 Å². The highest BCUT2D eigenvalue weighted by Crippen LogP contribution is 2.37. The van der Waals surface area contributed by atoms with E-state index in [1.165, 1.54) is 47.6 Å². The minimum Gasteiger partial charge on any atom is -0.453 e. The van der Waals surface area contributed by atoms with Gasteiger partial charge in [0.2, 0.25) is 11.8 Å². The topological polar surface area (TPSA) is 175 Å². The molecule has 66 heavy (non-hydrogen) atoms. The van der Waals surface area contributed by atoms with E-state index < -0.39 is 24.3 Å². The third-order valence-corrected chi connectivity index (χ3v) is 13.8. The lowest BCUT2D eigenvalue weighted by Crippen LogP contribution is -2.51. The van der Waals surface area contributed by atoms with Gasteiger partial charge in [0, 0.05) is 13.1 Å². The second kappa shape index (κ2) is 18.7. The van der Waals surface area contributed by atoms with Gasteiger partial charge in [-0.15, -0.1) is 0 Å². The molecule has 0 saturated carbocycles. The molecule has 4 aromatic carbocycles. The minimum absolute atomic E-state index is 0.109. The first kappa shape index (κ1) is 44.5. The number of carbonyl (C=O) groups is 4. The molecule has 4 atom stereocenters. The van der Waals surface area contributed by atoms with Gasteiger partial charge < -0.3 is 39.9 Å². The number of ether oxygens (including phenoxy) is 2. The number of likely N-dealkylation sites (tertiary alicyclic amines) is 2. The summed E-state index contributed by atoms with van der Waals surface area (Å²) in [6, 6.07) is 24.8. The summed E-state index contributed by atoms with van der Waals surface area (Å²) in [5, 5.41) is 5.48. The van der Waals surface area contributed by atoms with Gasteiger partial charge in [0.05, 0.1) is 48.4 Å². The second-order valence-electron chi connectivity index (χ2n) is 18.8. The summed E-state index contributed by atoms with van der Waals surface area (Å²) in [6.07, 6.45) is 5.50. The number of fused-ring (bicyclic) bond motifs is 2. The number of carbonyl (C=O) groups excluding carboxylic acids is 4. The Hall–Kier alpha value is -6.70. The van der Waals surface area contributed by atoms with Gasteiger partial charge in [0.25, 0.3) is 0 Å². The van der Waals surface area contributed by atoms with Crippen LogP contribution >= 0.6 is 0 Å². The fourth-order valence-corrected chi connectivity index (χ4v) is 10.2. The van der Waals surface area contributed by atoms with Crippen LogP contribution in [0.2, 0.25) is 0 Å². The molecule has 4 N–H and O–H groups in total. The van der Waals surface area contributed by atoms with Crippen molar-refractivity contribution in [2.75, 3.05) is 27.3 Å². The average molecular weight is 893 g/mol. The molecule has 2 fully saturated rings. The Balaban J connectivity index is 0.941. The number of hydrogen-bond donors (Lipinski definition) is 4. The normalized spacial score (nSPS) is 18.2. The highest BCUT2D eigenvalue weighted by Gasteiger charge is 2.39. The SMILES string of the molecule is COC(=O)N[C@H](C(=O)N1CCCC1c1nc2cc(-c3cc4ccc3CCc3ccc(c(-c5ccc6[nH]c(C7CCCN7C(=O)[C@@H](NC(=O)OC)C(C)C)nc6c5)c3)CC4)ccc2[nH]1)C(C)C. The van der Waals surface area contributed by atoms with Crippen molar-refractivity contribution in [1.29, 1.82) is 0 Å². The number of alkyl carbamates (subject to hydrolysis) is 2. The Bertz CT molecular complexity index is 2620. The van der Waals surface area contributed by atoms with E-state index >= 15 is 0 Å². The van der Waals surface area contributed by atoms with Crippen molar-refractivity contribution in [3.63, 3.8) is 0 Å². The Morgan fingerprint density at radius 2 is 1.02 bits per heavy atom. The van der Waals surface area contributed by atoms with E-state index in [4.69, 9.17) is 19.4 Å². The van der Waals surface area contributed by atoms with Crippen LogP contribution in [0.5, 0.6) is 0 Å². The van der Waals surface area contributed by atoms with Crippen LogP contribution in [0.4, 0.5) is 9.59 Å². The largest absolute Gasteiger partial charge is 0.453 e. The number of benzene rings is 4. The molecule has 4 bridgehead atoms. The first-order valence-electron chi connectivity index (χ1n) is 23.4. The zero-order valence-electron chi connectivity index (χ0n) is 38.7. The van der Waals surface area contributed by atoms with Crippen molar-refractivity contribution in [1.82, 2.24) is 40.4 Å². The number of H-pyrrole nitrogens is 2. The van der Waals surface area contributed by atoms with Crippen LogP contribution in [0.3, 0.4) is 0 Å². The molecule has 4 heterocycles. The van der Waals surface area contributed by atoms with Crippen LogP contribution in [0.15, 0.2) is 72.8 Å². The molecule has 4 aliphatic carbocycles. The molecule has 12 rings (SSSR count). The van der Waals surface area contributed by atoms with Gasteiger partial charge in [-0.2, -0.15) is 0 Å². The molecule has 14 heteroatoms. The van der Waals surface area contributed by atoms with E-state index in [-0.39, 0.29) is 35.7 Å². The zero-order valence-corrected chi connectivity index (χ0v) is 38.7. The Kier molecular flexibility index (Phi) is 12.6. The summed E-state index contributed by atoms with van der Waals surface area (Å²) in [5.41, 5.74) is 13.3. The Labute approximate surface area is 385 Å². The number of methoxy groups -OCH3 is 2. The molecule has 2 aliphatic heterocycles. The average Bonchev–Trinajstić information content (AvgIpc) is 4.15. The lowest BCUT2D eigenvalue weighted by atomic mass is 9.87. The van der Waals surface area contributed by atoms with Gasteiger partial charge >= 0.3 is 12.2 Å². The number of rotatable bonds is 10. The molecule has 2 aromatic heterocycles. The van der Waals surface area contributed by atoms with Crippen molar-refractivity contribution >= 4 is 46.1 Å². The fraction of sp³-hybridized carbons (Fsp3) is 0.423. The van der Waals surface area contributed by atoms with Gasteiger partial charge in [-0.3, -0.25) is 9.59 Å². The molecule has 2 unspecified atom stereocenters. The monoisotopic (exact) mass is 892 g/mol. The first-order chi connectivity index (χ1) is 31.9. The third-order valence-electron chi connectivity index (χ3n) is 13.8. The number of imidazole rings is 2. The molecule has 6 aliphatic rings. The number of aromatic amines is 2. The van der Waals surface area contributed by atoms with Crippen molar-refractivity contribution in [3.05, 3.63) is 107 Å². The van der Waals surface area contributed by atoms with Crippen LogP contribution in [0.1, 0.15) is 99.4 Å². The van der Waals surface area contributed by atoms with Crippen molar-refractivity contribution in [2.45, 2.75) is 103 Å². The number of nitrogens with zero attached hydrogens (tertiary/aromatic N) is 4. The number of hydrogen-bond acceptors (Lipinski definition) is 8. The van der Waals surface area contributed by atoms with Crippen LogP contribution in [0.25, 0.3) is 44.3 Å². The molecular formula is C52H60N8O6. The van der Waals surface area contributed by atoms with Crippen LogP contribution in [-0.2, 0) is 44.7 Å². The maximum Gasteiger partial charge on any atom is 0.407 e. The van der Waals surface area contributed by atoms with E-state index in [0.29, 0.717) is 13.1 Å². The summed E-state index contributed by atoms with van der Waals surface area (Å²) in [6.45, 7) is 8.88. The fourth-order valence-electron chi connectivity index (χ4n) is 10.2. The number of aromatic nitrogens is 4. The Morgan fingerprint density at radius 3 is 1.41 bits per heavy atom. The Morgan fingerprint density at radius 1 is 0.591 bits per heavy atom. The van der Waals surface area contributed by atoms with Gasteiger partial charge in [-0.05, 0) is 132 Å². The van der Waals surface area contributed by atoms with Crippen molar-refractivity contribution in [3.8, 4) is 22.3 Å². The minimum atomic E-state index is -0.692. The van der Waals surface area contributed by atoms with E-state index in [1.54, 1.807) is 0 Å². The van der Waals surface area contributed by atoms with E-state index in [1.807, 2.05) is 37.5 Å². The number of nitrogens with one attached hydrogen (secondary N) is 4. The van der Waals surface area contributed by atoms with Crippen LogP contribution in [-0.4, -0.2) is 93.1 Å². The second-order valence-corrected chi connectivity index (χ2v) is 18.8. The maximum atomic E-state index is 13.8. The highest BCUT2D eigenvalue weighted by atomic mass is 16.5. The maximum absolute atomic E-state index is 13.8. The molecule has 0 spiro atoms. The highest BCUT2D eigenvalue weighted by molar-refractivity contribution is 5.88. The smallest absolute Gasteiger partial charge is 0.407 e. The zero-order chi connectivity index (χ0) is 46.2. The van der Waals surface area contributed by atoms with E-state index in [9.17, 15) is 19.2 Å². The number of aryl methyl sites for hydroxylation is 4. The molecular weight excluding hydrogens is 833 g/mol. The quantitative estimate of drug-likeness (QED) is 0.106. The van der Waals surface area contributed by atoms with Crippen LogP contribution < -0.4 is 10.6 Å². The molecule has 2 saturated heterocycles. The predicted molar refractivity (Wildman–Crippen MR) is 254 cm³/mol. The lowest BCUT2D eigenvalue weighted by Gasteiger charge is -2.29. The third kappa shape index (κ3) is 8.84. The molecule has 6 aromatic rings. The number of amides is 4. The van der Waals surface area contributed by atoms with Crippen LogP contribution in [0, 0.1) is 11.8 Å². The first-order valence-corrected chi connectivity index (χ1v) is 23.4. The van der Waals surface area contributed by atoms with Gasteiger partial charge in [-0.1, -0.05) is 76.2 Å². The summed E-state index contributed by atoms with van der Waals surface area (Å²) >= 11 is 0.